The molecular formula is C7H6N4S. The first kappa shape index (κ1) is 7.17. The van der Waals surface area contributed by atoms with Crippen molar-refractivity contribution in [2.75, 3.05) is 0 Å². The van der Waals surface area contributed by atoms with Crippen LogP contribution in [0.2, 0.25) is 0 Å². The van der Waals surface area contributed by atoms with Crippen molar-refractivity contribution in [2.45, 2.75) is 0 Å². The Bertz CT molecular complexity index is 417. The molecule has 0 aliphatic carbocycles. The van der Waals surface area contributed by atoms with Crippen LogP contribution in [-0.4, -0.2) is 19.7 Å². The molecule has 4 nitrogen and oxygen atoms in total. The van der Waals surface area contributed by atoms with E-state index < -0.39 is 0 Å². The maximum Gasteiger partial charge on any atom is 0.123 e. The summed E-state index contributed by atoms with van der Waals surface area (Å²) in [6.07, 6.45) is 5.05. The molecule has 60 valence electrons. The maximum absolute atomic E-state index is 4.96. The van der Waals surface area contributed by atoms with Gasteiger partial charge in [-0.05, 0) is 12.1 Å². The van der Waals surface area contributed by atoms with Crippen molar-refractivity contribution in [1.82, 2.24) is 19.7 Å². The van der Waals surface area contributed by atoms with Crippen LogP contribution in [0, 0.1) is 4.64 Å². The minimum Gasteiger partial charge on any atom is -0.353 e. The lowest BCUT2D eigenvalue weighted by Crippen LogP contribution is -1.89. The Balaban J connectivity index is 2.55. The molecule has 0 bridgehead atoms. The van der Waals surface area contributed by atoms with E-state index >= 15 is 0 Å². The topological polar surface area (TPSA) is 46.5 Å². The fourth-order valence-corrected chi connectivity index (χ4v) is 1.12. The Kier molecular flexibility index (Phi) is 1.71. The number of pyridine rings is 1. The van der Waals surface area contributed by atoms with E-state index in [9.17, 15) is 0 Å². The fraction of sp³-hybridized carbons (Fsp3) is 0. The lowest BCUT2D eigenvalue weighted by atomic mass is 10.4. The van der Waals surface area contributed by atoms with Crippen LogP contribution in [0.1, 0.15) is 0 Å². The highest BCUT2D eigenvalue weighted by Gasteiger charge is 1.93. The van der Waals surface area contributed by atoms with Crippen LogP contribution in [0.3, 0.4) is 0 Å². The molecule has 2 aromatic heterocycles. The van der Waals surface area contributed by atoms with Crippen molar-refractivity contribution >= 4 is 12.2 Å². The molecule has 12 heavy (non-hydrogen) atoms. The Morgan fingerprint density at radius 3 is 2.75 bits per heavy atom. The monoisotopic (exact) mass is 178 g/mol. The number of H-pyrrole nitrogens is 1. The van der Waals surface area contributed by atoms with Gasteiger partial charge in [-0.3, -0.25) is 4.57 Å². The summed E-state index contributed by atoms with van der Waals surface area (Å²) < 4.78 is 2.49. The standard InChI is InChI=1S/C7H6N4S/c12-7-3-6(1-2-8-7)11-4-9-10-5-11/h1-5H,(H,8,12). The van der Waals surface area contributed by atoms with Crippen molar-refractivity contribution in [3.63, 3.8) is 0 Å². The third kappa shape index (κ3) is 1.26. The van der Waals surface area contributed by atoms with Crippen molar-refractivity contribution in [3.05, 3.63) is 35.6 Å². The first-order chi connectivity index (χ1) is 5.86. The van der Waals surface area contributed by atoms with E-state index in [1.807, 2.05) is 12.1 Å². The van der Waals surface area contributed by atoms with Crippen LogP contribution in [0.25, 0.3) is 5.69 Å². The average Bonchev–Trinajstić information content (AvgIpc) is 2.56. The molecule has 0 unspecified atom stereocenters. The van der Waals surface area contributed by atoms with Crippen LogP contribution >= 0.6 is 12.2 Å². The number of nitrogens with zero attached hydrogens (tertiary/aromatic N) is 3. The second kappa shape index (κ2) is 2.86. The molecule has 0 saturated carbocycles. The van der Waals surface area contributed by atoms with Crippen LogP contribution in [0.5, 0.6) is 0 Å². The smallest absolute Gasteiger partial charge is 0.123 e. The van der Waals surface area contributed by atoms with Crippen LogP contribution < -0.4 is 0 Å². The molecule has 0 spiro atoms. The first-order valence-corrected chi connectivity index (χ1v) is 3.81. The molecule has 0 radical (unpaired) electrons. The highest BCUT2D eigenvalue weighted by atomic mass is 32.1. The molecule has 1 N–H and O–H groups in total. The molecular weight excluding hydrogens is 172 g/mol. The summed E-state index contributed by atoms with van der Waals surface area (Å²) in [4.78, 5) is 2.89. The van der Waals surface area contributed by atoms with Gasteiger partial charge >= 0.3 is 0 Å². The summed E-state index contributed by atoms with van der Waals surface area (Å²) in [5, 5.41) is 7.39. The maximum atomic E-state index is 4.96. The second-order valence-corrected chi connectivity index (χ2v) is 2.72. The Morgan fingerprint density at radius 2 is 2.08 bits per heavy atom. The average molecular weight is 178 g/mol. The van der Waals surface area contributed by atoms with Gasteiger partial charge in [0.05, 0.1) is 5.69 Å². The van der Waals surface area contributed by atoms with E-state index in [1.165, 1.54) is 0 Å². The van der Waals surface area contributed by atoms with Crippen molar-refractivity contribution < 1.29 is 0 Å². The predicted molar refractivity (Wildman–Crippen MR) is 46.5 cm³/mol. The van der Waals surface area contributed by atoms with Gasteiger partial charge in [-0.2, -0.15) is 0 Å². The molecule has 2 rings (SSSR count). The molecule has 0 aliphatic heterocycles. The van der Waals surface area contributed by atoms with Gasteiger partial charge in [0.2, 0.25) is 0 Å². The zero-order valence-corrected chi connectivity index (χ0v) is 6.95. The van der Waals surface area contributed by atoms with E-state index in [0.29, 0.717) is 4.64 Å². The number of rotatable bonds is 1. The molecule has 2 aromatic rings. The zero-order chi connectivity index (χ0) is 8.39. The van der Waals surface area contributed by atoms with Crippen molar-refractivity contribution in [3.8, 4) is 5.69 Å². The Morgan fingerprint density at radius 1 is 1.33 bits per heavy atom. The lowest BCUT2D eigenvalue weighted by molar-refractivity contribution is 1.04. The normalized spacial score (nSPS) is 10.0. The Labute approximate surface area is 73.9 Å². The molecule has 0 aromatic carbocycles. The number of hydrogen-bond donors (Lipinski definition) is 1. The van der Waals surface area contributed by atoms with Gasteiger partial charge in [0, 0.05) is 6.20 Å². The molecule has 0 fully saturated rings. The summed E-state index contributed by atoms with van der Waals surface area (Å²) >= 11 is 4.96. The SMILES string of the molecule is S=c1cc(-n2cnnc2)cc[nH]1. The van der Waals surface area contributed by atoms with Crippen LogP contribution in [-0.2, 0) is 0 Å². The van der Waals surface area contributed by atoms with Gasteiger partial charge in [0.25, 0.3) is 0 Å². The Hall–Kier alpha value is -1.49. The van der Waals surface area contributed by atoms with Gasteiger partial charge < -0.3 is 4.98 Å². The first-order valence-electron chi connectivity index (χ1n) is 3.40. The third-order valence-electron chi connectivity index (χ3n) is 1.48. The van der Waals surface area contributed by atoms with Crippen LogP contribution in [0.15, 0.2) is 31.0 Å². The molecule has 0 aliphatic rings. The number of aromatic nitrogens is 4. The summed E-state index contributed by atoms with van der Waals surface area (Å²) in [6.45, 7) is 0. The van der Waals surface area contributed by atoms with Gasteiger partial charge in [-0.15, -0.1) is 10.2 Å². The molecule has 0 saturated heterocycles. The van der Waals surface area contributed by atoms with Gasteiger partial charge in [0.1, 0.15) is 17.3 Å². The van der Waals surface area contributed by atoms with E-state index in [0.717, 1.165) is 5.69 Å². The summed E-state index contributed by atoms with van der Waals surface area (Å²) in [5.74, 6) is 0. The number of nitrogens with one attached hydrogen (secondary N) is 1. The van der Waals surface area contributed by atoms with Gasteiger partial charge in [0.15, 0.2) is 0 Å². The van der Waals surface area contributed by atoms with E-state index in [2.05, 4.69) is 15.2 Å². The van der Waals surface area contributed by atoms with Gasteiger partial charge in [-0.25, -0.2) is 0 Å². The molecule has 0 atom stereocenters. The quantitative estimate of drug-likeness (QED) is 0.670. The van der Waals surface area contributed by atoms with Crippen molar-refractivity contribution in [1.29, 1.82) is 0 Å². The van der Waals surface area contributed by atoms with E-state index in [-0.39, 0.29) is 0 Å². The van der Waals surface area contributed by atoms with E-state index in [4.69, 9.17) is 12.2 Å². The van der Waals surface area contributed by atoms with E-state index in [1.54, 1.807) is 23.4 Å². The summed E-state index contributed by atoms with van der Waals surface area (Å²) in [7, 11) is 0. The van der Waals surface area contributed by atoms with Crippen molar-refractivity contribution in [2.24, 2.45) is 0 Å². The predicted octanol–water partition coefficient (Wildman–Crippen LogP) is 1.32. The molecule has 5 heteroatoms. The fourth-order valence-electron chi connectivity index (χ4n) is 0.928. The highest BCUT2D eigenvalue weighted by Crippen LogP contribution is 2.03. The zero-order valence-electron chi connectivity index (χ0n) is 6.14. The molecule has 2 heterocycles. The summed E-state index contributed by atoms with van der Waals surface area (Å²) in [6, 6.07) is 3.75. The summed E-state index contributed by atoms with van der Waals surface area (Å²) in [5.41, 5.74) is 0.962. The van der Waals surface area contributed by atoms with Gasteiger partial charge in [-0.1, -0.05) is 12.2 Å². The highest BCUT2D eigenvalue weighted by molar-refractivity contribution is 7.71. The number of aromatic amines is 1. The number of hydrogen-bond acceptors (Lipinski definition) is 3. The third-order valence-corrected chi connectivity index (χ3v) is 1.71. The molecule has 0 amide bonds. The minimum atomic E-state index is 0.696. The van der Waals surface area contributed by atoms with Crippen LogP contribution in [0.4, 0.5) is 0 Å². The largest absolute Gasteiger partial charge is 0.353 e. The lowest BCUT2D eigenvalue weighted by Gasteiger charge is -1.97. The second-order valence-electron chi connectivity index (χ2n) is 2.28. The minimum absolute atomic E-state index is 0.696.